The van der Waals surface area contributed by atoms with Crippen LogP contribution in [0.5, 0.6) is 0 Å². The second-order valence-electron chi connectivity index (χ2n) is 7.31. The molecule has 0 saturated carbocycles. The van der Waals surface area contributed by atoms with Crippen molar-refractivity contribution in [1.29, 1.82) is 0 Å². The summed E-state index contributed by atoms with van der Waals surface area (Å²) in [7, 11) is 0. The van der Waals surface area contributed by atoms with Gasteiger partial charge in [-0.3, -0.25) is 14.4 Å². The van der Waals surface area contributed by atoms with Gasteiger partial charge in [0.15, 0.2) is 12.4 Å². The first-order valence-corrected chi connectivity index (χ1v) is 13.3. The van der Waals surface area contributed by atoms with Gasteiger partial charge in [0.1, 0.15) is 0 Å². The van der Waals surface area contributed by atoms with E-state index in [1.165, 1.54) is 5.01 Å². The van der Waals surface area contributed by atoms with Crippen molar-refractivity contribution in [2.24, 2.45) is 5.10 Å². The molecule has 1 unspecified atom stereocenters. The van der Waals surface area contributed by atoms with Crippen LogP contribution in [0.1, 0.15) is 45.4 Å². The number of ether oxygens (including phenoxy) is 1. The molecule has 0 saturated heterocycles. The van der Waals surface area contributed by atoms with E-state index in [1.54, 1.807) is 46.6 Å². The van der Waals surface area contributed by atoms with E-state index >= 15 is 0 Å². The Labute approximate surface area is 204 Å². The van der Waals surface area contributed by atoms with E-state index in [-0.39, 0.29) is 30.6 Å². The molecule has 2 aromatic heterocycles. The van der Waals surface area contributed by atoms with Crippen molar-refractivity contribution in [2.75, 3.05) is 12.9 Å². The quantitative estimate of drug-likeness (QED) is 0.224. The van der Waals surface area contributed by atoms with Crippen molar-refractivity contribution >= 4 is 57.8 Å². The summed E-state index contributed by atoms with van der Waals surface area (Å²) in [5, 5.41) is 9.91. The van der Waals surface area contributed by atoms with Gasteiger partial charge in [0, 0.05) is 28.2 Å². The monoisotopic (exact) mass is 498 g/mol. The summed E-state index contributed by atoms with van der Waals surface area (Å²) in [5.74, 6) is -1.09. The summed E-state index contributed by atoms with van der Waals surface area (Å²) in [4.78, 5) is 40.5. The van der Waals surface area contributed by atoms with Crippen molar-refractivity contribution in [3.63, 3.8) is 0 Å². The van der Waals surface area contributed by atoms with Crippen LogP contribution >= 0.6 is 34.4 Å². The van der Waals surface area contributed by atoms with Crippen LogP contribution in [-0.4, -0.2) is 41.2 Å². The average molecular weight is 499 g/mol. The fourth-order valence-corrected chi connectivity index (χ4v) is 5.39. The Morgan fingerprint density at radius 1 is 1.06 bits per heavy atom. The Kier molecular flexibility index (Phi) is 7.74. The first kappa shape index (κ1) is 23.4. The van der Waals surface area contributed by atoms with Crippen molar-refractivity contribution in [2.45, 2.75) is 30.2 Å². The zero-order valence-electron chi connectivity index (χ0n) is 17.9. The average Bonchev–Trinajstić information content (AvgIpc) is 3.61. The summed E-state index contributed by atoms with van der Waals surface area (Å²) in [6, 6.07) is 14.9. The molecular weight excluding hydrogens is 476 g/mol. The van der Waals surface area contributed by atoms with E-state index in [4.69, 9.17) is 4.74 Å². The lowest BCUT2D eigenvalue weighted by atomic mass is 10.1. The highest BCUT2D eigenvalue weighted by molar-refractivity contribution is 7.98. The van der Waals surface area contributed by atoms with Gasteiger partial charge < -0.3 is 4.74 Å². The molecule has 0 spiro atoms. The molecule has 1 aromatic carbocycles. The van der Waals surface area contributed by atoms with Crippen molar-refractivity contribution in [3.05, 3.63) is 74.6 Å². The first-order valence-electron chi connectivity index (χ1n) is 10.3. The highest BCUT2D eigenvalue weighted by Gasteiger charge is 2.34. The minimum atomic E-state index is -0.577. The van der Waals surface area contributed by atoms with Gasteiger partial charge in [-0.2, -0.15) is 5.10 Å². The van der Waals surface area contributed by atoms with Gasteiger partial charge in [0.2, 0.25) is 0 Å². The minimum Gasteiger partial charge on any atom is -0.455 e. The second kappa shape index (κ2) is 10.9. The van der Waals surface area contributed by atoms with E-state index in [2.05, 4.69) is 5.10 Å². The van der Waals surface area contributed by atoms with E-state index in [0.29, 0.717) is 12.0 Å². The van der Waals surface area contributed by atoms with Gasteiger partial charge in [-0.1, -0.05) is 24.3 Å². The number of carbonyl (C=O) groups is 3. The minimum absolute atomic E-state index is 0.0356. The molecule has 6 nitrogen and oxygen atoms in total. The zero-order chi connectivity index (χ0) is 23.2. The lowest BCUT2D eigenvalue weighted by Gasteiger charge is -2.20. The number of thioether (sulfide) groups is 1. The number of Topliss-reactive ketones (excluding diaryl/α,β-unsaturated/α-hetero) is 1. The summed E-state index contributed by atoms with van der Waals surface area (Å²) in [5.41, 5.74) is 1.41. The number of thiophene rings is 2. The molecule has 0 aliphatic carbocycles. The predicted octanol–water partition coefficient (Wildman–Crippen LogP) is 5.42. The lowest BCUT2D eigenvalue weighted by Crippen LogP contribution is -2.31. The highest BCUT2D eigenvalue weighted by Crippen LogP contribution is 2.35. The summed E-state index contributed by atoms with van der Waals surface area (Å²) >= 11 is 4.74. The number of esters is 1. The second-order valence-corrected chi connectivity index (χ2v) is 10.1. The van der Waals surface area contributed by atoms with Gasteiger partial charge in [0.25, 0.3) is 5.91 Å². The molecule has 9 heteroatoms. The number of hydrogen-bond donors (Lipinski definition) is 0. The number of nitrogens with zero attached hydrogens (tertiary/aromatic N) is 2. The van der Waals surface area contributed by atoms with Crippen LogP contribution in [-0.2, 0) is 14.3 Å². The maximum Gasteiger partial charge on any atom is 0.306 e. The maximum absolute atomic E-state index is 12.9. The van der Waals surface area contributed by atoms with Gasteiger partial charge in [0.05, 0.1) is 23.1 Å². The van der Waals surface area contributed by atoms with Crippen LogP contribution in [0.3, 0.4) is 0 Å². The summed E-state index contributed by atoms with van der Waals surface area (Å²) in [6.45, 7) is -0.404. The lowest BCUT2D eigenvalue weighted by molar-refractivity contribution is -0.152. The van der Waals surface area contributed by atoms with Crippen LogP contribution in [0.15, 0.2) is 69.3 Å². The van der Waals surface area contributed by atoms with E-state index in [0.717, 1.165) is 20.4 Å². The predicted molar refractivity (Wildman–Crippen MR) is 132 cm³/mol. The molecule has 1 amide bonds. The topological polar surface area (TPSA) is 76.0 Å². The highest BCUT2D eigenvalue weighted by atomic mass is 32.2. The molecule has 3 heterocycles. The normalized spacial score (nSPS) is 15.4. The third kappa shape index (κ3) is 5.79. The fraction of sp³-hybridized carbons (Fsp3) is 0.250. The SMILES string of the molecule is CSc1ccc(C(=O)CCC(=O)OCC(=O)N2N=C(c3cccs3)CC2c2cccs2)cc1. The molecule has 0 bridgehead atoms. The Hall–Kier alpha value is -2.75. The Morgan fingerprint density at radius 3 is 2.48 bits per heavy atom. The number of hydrogen-bond acceptors (Lipinski definition) is 8. The Balaban J connectivity index is 1.32. The molecule has 4 rings (SSSR count). The van der Waals surface area contributed by atoms with Gasteiger partial charge in [-0.15, -0.1) is 34.4 Å². The molecule has 0 fully saturated rings. The number of carbonyl (C=O) groups excluding carboxylic acids is 3. The van der Waals surface area contributed by atoms with E-state index in [9.17, 15) is 14.4 Å². The van der Waals surface area contributed by atoms with Crippen molar-refractivity contribution in [3.8, 4) is 0 Å². The van der Waals surface area contributed by atoms with Crippen LogP contribution in [0.25, 0.3) is 0 Å². The molecular formula is C24H22N2O4S3. The first-order chi connectivity index (χ1) is 16.0. The zero-order valence-corrected chi connectivity index (χ0v) is 20.4. The fourth-order valence-electron chi connectivity index (χ4n) is 3.45. The Morgan fingerprint density at radius 2 is 1.82 bits per heavy atom. The molecule has 1 aliphatic heterocycles. The maximum atomic E-state index is 12.9. The standard InChI is InChI=1S/C24H22N2O4S3/c1-31-17-8-6-16(7-9-17)20(27)10-11-24(29)30-15-23(28)26-19(22-5-3-13-33-22)14-18(25-26)21-4-2-12-32-21/h2-9,12-13,19H,10-11,14-15H2,1H3. The Bertz CT molecular complexity index is 1140. The van der Waals surface area contributed by atoms with Crippen LogP contribution < -0.4 is 0 Å². The van der Waals surface area contributed by atoms with Crippen LogP contribution in [0, 0.1) is 0 Å². The molecule has 1 atom stereocenters. The molecule has 170 valence electrons. The largest absolute Gasteiger partial charge is 0.455 e. The van der Waals surface area contributed by atoms with Crippen molar-refractivity contribution < 1.29 is 19.1 Å². The van der Waals surface area contributed by atoms with E-state index in [1.807, 2.05) is 53.4 Å². The molecule has 0 radical (unpaired) electrons. The van der Waals surface area contributed by atoms with Crippen molar-refractivity contribution in [1.82, 2.24) is 5.01 Å². The molecule has 1 aliphatic rings. The molecule has 0 N–H and O–H groups in total. The molecule has 3 aromatic rings. The summed E-state index contributed by atoms with van der Waals surface area (Å²) in [6.07, 6.45) is 2.54. The molecule has 33 heavy (non-hydrogen) atoms. The smallest absolute Gasteiger partial charge is 0.306 e. The van der Waals surface area contributed by atoms with Gasteiger partial charge >= 0.3 is 5.97 Å². The number of hydrazone groups is 1. The third-order valence-corrected chi connectivity index (χ3v) is 7.80. The number of ketones is 1. The van der Waals surface area contributed by atoms with Crippen LogP contribution in [0.4, 0.5) is 0 Å². The summed E-state index contributed by atoms with van der Waals surface area (Å²) < 4.78 is 5.18. The third-order valence-electron chi connectivity index (χ3n) is 5.17. The van der Waals surface area contributed by atoms with Crippen LogP contribution in [0.2, 0.25) is 0 Å². The number of rotatable bonds is 9. The van der Waals surface area contributed by atoms with E-state index < -0.39 is 12.6 Å². The number of benzene rings is 1. The van der Waals surface area contributed by atoms with Gasteiger partial charge in [-0.25, -0.2) is 5.01 Å². The number of amides is 1. The van der Waals surface area contributed by atoms with Gasteiger partial charge in [-0.05, 0) is 41.3 Å².